The molecule has 0 bridgehead atoms. The van der Waals surface area contributed by atoms with E-state index in [1.807, 2.05) is 6.07 Å². The summed E-state index contributed by atoms with van der Waals surface area (Å²) < 4.78 is 0. The van der Waals surface area contributed by atoms with Gasteiger partial charge in [-0.05, 0) is 49.3 Å². The molecule has 1 fully saturated rings. The zero-order chi connectivity index (χ0) is 62.2. The molecule has 11 amide bonds. The standard InChI is InChI=1S/C52H71N19O12S2/c53-42(75)37(24-84)69-46(79)35(19-28-21-61-31-11-5-4-10-30(28)31)67-43(76)32(12-6-16-59-50(54)55)64-45(78)34(18-27-8-2-1-3-9-27)66-47(80)36(20-29-22-58-26-63-29)68-44(77)33(14-15-41(73)74)65-48(81)38(25-85)70-49(82)39(13-7-17-60-51(56)57)71-40(72)23-62-52(71)83/h1-5,8-11,21-22,26,32-39,61,84-85H,6-7,12-20,23-25H2,(H2,53,75)(H,58,63)(H,62,83)(H,64,78)(H,65,81)(H,66,80)(H,67,76)(H,68,77)(H,69,79)(H,70,82)(H,73,74)(H4,54,55,59)(H4,56,57,60)/t32-,33+,34+,35-,36-,37-,38-,39?/m1/s1. The van der Waals surface area contributed by atoms with E-state index in [4.69, 9.17) is 28.7 Å². The molecule has 1 unspecified atom stereocenters. The van der Waals surface area contributed by atoms with E-state index in [0.29, 0.717) is 21.7 Å². The maximum Gasteiger partial charge on any atom is 0.325 e. The van der Waals surface area contributed by atoms with Gasteiger partial charge in [-0.3, -0.25) is 62.8 Å². The number of imide groups is 1. The van der Waals surface area contributed by atoms with Crippen LogP contribution in [0.4, 0.5) is 4.79 Å². The van der Waals surface area contributed by atoms with Crippen molar-refractivity contribution in [1.29, 1.82) is 0 Å². The van der Waals surface area contributed by atoms with E-state index in [1.54, 1.807) is 54.7 Å². The highest BCUT2D eigenvalue weighted by molar-refractivity contribution is 7.80. The fraction of sp³-hybridized carbons (Fsp3) is 0.423. The van der Waals surface area contributed by atoms with Crippen LogP contribution in [0, 0.1) is 0 Å². The Morgan fingerprint density at radius 3 is 1.65 bits per heavy atom. The highest BCUT2D eigenvalue weighted by atomic mass is 32.1. The van der Waals surface area contributed by atoms with Crippen molar-refractivity contribution in [3.63, 3.8) is 0 Å². The molecule has 1 aliphatic rings. The van der Waals surface area contributed by atoms with E-state index < -0.39 is 139 Å². The number of guanidine groups is 2. The second kappa shape index (κ2) is 33.0. The minimum Gasteiger partial charge on any atom is -0.481 e. The summed E-state index contributed by atoms with van der Waals surface area (Å²) in [6, 6.07) is 2.89. The van der Waals surface area contributed by atoms with Gasteiger partial charge in [0.1, 0.15) is 48.3 Å². The third-order valence-corrected chi connectivity index (χ3v) is 13.9. The first-order valence-corrected chi connectivity index (χ1v) is 28.0. The molecule has 0 spiro atoms. The van der Waals surface area contributed by atoms with Gasteiger partial charge in [-0.25, -0.2) is 9.78 Å². The van der Waals surface area contributed by atoms with Gasteiger partial charge in [0.2, 0.25) is 47.3 Å². The molecule has 2 aromatic heterocycles. The Kier molecular flexibility index (Phi) is 25.8. The number of fused-ring (bicyclic) bond motifs is 1. The van der Waals surface area contributed by atoms with Crippen molar-refractivity contribution in [2.75, 3.05) is 31.1 Å². The number of aliphatic carboxylic acids is 1. The lowest BCUT2D eigenvalue weighted by molar-refractivity contribution is -0.139. The van der Waals surface area contributed by atoms with E-state index in [0.717, 1.165) is 10.9 Å². The predicted octanol–water partition coefficient (Wildman–Crippen LogP) is -4.45. The van der Waals surface area contributed by atoms with Crippen LogP contribution in [-0.2, 0) is 67.2 Å². The van der Waals surface area contributed by atoms with Crippen LogP contribution >= 0.6 is 25.3 Å². The number of aromatic amines is 2. The molecule has 33 heteroatoms. The molecule has 458 valence electrons. The lowest BCUT2D eigenvalue weighted by Gasteiger charge is -2.28. The van der Waals surface area contributed by atoms with Gasteiger partial charge < -0.3 is 86.3 Å². The molecule has 31 nitrogen and oxygen atoms in total. The van der Waals surface area contributed by atoms with Gasteiger partial charge in [-0.15, -0.1) is 0 Å². The van der Waals surface area contributed by atoms with Gasteiger partial charge in [0, 0.05) is 79.3 Å². The fourth-order valence-electron chi connectivity index (χ4n) is 8.85. The van der Waals surface area contributed by atoms with Gasteiger partial charge in [-0.1, -0.05) is 48.5 Å². The first kappa shape index (κ1) is 66.4. The number of urea groups is 1. The van der Waals surface area contributed by atoms with Gasteiger partial charge in [0.15, 0.2) is 11.9 Å². The number of carbonyl (C=O) groups is 11. The second-order valence-electron chi connectivity index (χ2n) is 19.5. The van der Waals surface area contributed by atoms with Crippen molar-refractivity contribution in [2.24, 2.45) is 38.7 Å². The molecule has 5 rings (SSSR count). The quantitative estimate of drug-likeness (QED) is 0.00679. The number of carboxylic acid groups (broad SMARTS) is 1. The van der Waals surface area contributed by atoms with E-state index in [2.05, 4.69) is 92.7 Å². The number of hydrogen-bond acceptors (Lipinski definition) is 16. The lowest BCUT2D eigenvalue weighted by Crippen LogP contribution is -2.61. The minimum atomic E-state index is -1.70. The van der Waals surface area contributed by atoms with Crippen LogP contribution in [0.5, 0.6) is 0 Å². The highest BCUT2D eigenvalue weighted by Crippen LogP contribution is 2.20. The van der Waals surface area contributed by atoms with Crippen molar-refractivity contribution in [3.8, 4) is 0 Å². The van der Waals surface area contributed by atoms with Crippen molar-refractivity contribution < 1.29 is 57.8 Å². The molecule has 3 heterocycles. The minimum absolute atomic E-state index is 0.00468. The van der Waals surface area contributed by atoms with E-state index in [-0.39, 0.29) is 75.7 Å². The first-order valence-electron chi connectivity index (χ1n) is 26.7. The molecule has 0 radical (unpaired) electrons. The topological polar surface area (TPSA) is 507 Å². The summed E-state index contributed by atoms with van der Waals surface area (Å²) in [5, 5.41) is 30.8. The predicted molar refractivity (Wildman–Crippen MR) is 316 cm³/mol. The normalized spacial score (nSPS) is 14.8. The Labute approximate surface area is 497 Å². The number of imidazole rings is 1. The number of aromatic nitrogens is 3. The zero-order valence-electron chi connectivity index (χ0n) is 46.0. The van der Waals surface area contributed by atoms with Crippen molar-refractivity contribution in [1.82, 2.24) is 62.4 Å². The van der Waals surface area contributed by atoms with Gasteiger partial charge in [0.25, 0.3) is 5.91 Å². The third kappa shape index (κ3) is 20.8. The van der Waals surface area contributed by atoms with Crippen LogP contribution in [0.1, 0.15) is 55.3 Å². The number of nitrogens with one attached hydrogen (secondary N) is 10. The number of aliphatic imine (C=N–C) groups is 2. The summed E-state index contributed by atoms with van der Waals surface area (Å²) in [4.78, 5) is 168. The zero-order valence-corrected chi connectivity index (χ0v) is 47.7. The van der Waals surface area contributed by atoms with Crippen LogP contribution in [0.2, 0.25) is 0 Å². The van der Waals surface area contributed by atoms with Crippen molar-refractivity contribution in [3.05, 3.63) is 90.1 Å². The maximum absolute atomic E-state index is 14.8. The van der Waals surface area contributed by atoms with E-state index in [9.17, 15) is 57.8 Å². The number of nitrogens with zero attached hydrogens (tertiary/aromatic N) is 4. The Bertz CT molecular complexity index is 3050. The number of rotatable bonds is 35. The summed E-state index contributed by atoms with van der Waals surface area (Å²) in [6.45, 7) is -0.371. The maximum atomic E-state index is 14.8. The fourth-order valence-corrected chi connectivity index (χ4v) is 9.37. The second-order valence-corrected chi connectivity index (χ2v) is 20.2. The molecule has 85 heavy (non-hydrogen) atoms. The number of hydrogen-bond donors (Lipinski definition) is 18. The summed E-state index contributed by atoms with van der Waals surface area (Å²) >= 11 is 8.36. The molecule has 1 saturated heterocycles. The molecular weight excluding hydrogens is 1150 g/mol. The number of primary amides is 1. The number of para-hydroxylation sites is 1. The smallest absolute Gasteiger partial charge is 0.325 e. The summed E-state index contributed by atoms with van der Waals surface area (Å²) in [5.41, 5.74) is 29.7. The number of carbonyl (C=O) groups excluding carboxylic acids is 10. The number of carboxylic acids is 1. The molecule has 0 saturated carbocycles. The summed E-state index contributed by atoms with van der Waals surface area (Å²) in [5.74, 6) is -10.7. The van der Waals surface area contributed by atoms with Gasteiger partial charge in [-0.2, -0.15) is 25.3 Å². The van der Waals surface area contributed by atoms with Gasteiger partial charge >= 0.3 is 12.0 Å². The lowest BCUT2D eigenvalue weighted by atomic mass is 10.0. The highest BCUT2D eigenvalue weighted by Gasteiger charge is 2.40. The van der Waals surface area contributed by atoms with Gasteiger partial charge in [0.05, 0.1) is 12.9 Å². The Morgan fingerprint density at radius 2 is 1.11 bits per heavy atom. The molecule has 2 aromatic carbocycles. The number of nitrogens with two attached hydrogens (primary N) is 5. The SMILES string of the molecule is NC(=O)[C@@H](CS)NC(=O)[C@@H](Cc1c[nH]c2ccccc12)NC(=O)[C@@H](CCCN=C(N)N)NC(=O)[C@H](Cc1ccccc1)NC(=O)[C@@H](Cc1cnc[nH]1)NC(=O)[C@H](CCC(=O)O)NC(=O)[C@@H](CS)NC(=O)C(CCCN=C(N)N)N1C(=O)CNC1=O. The molecular formula is C52H71N19O12S2. The monoisotopic (exact) mass is 1220 g/mol. The molecule has 0 aliphatic carbocycles. The number of amides is 11. The average Bonchev–Trinajstić information content (AvgIpc) is 4.28. The first-order chi connectivity index (χ1) is 40.6. The van der Waals surface area contributed by atoms with Crippen LogP contribution < -0.4 is 71.2 Å². The largest absolute Gasteiger partial charge is 0.481 e. The van der Waals surface area contributed by atoms with E-state index in [1.165, 1.54) is 12.5 Å². The summed E-state index contributed by atoms with van der Waals surface area (Å²) in [6.07, 6.45) is 2.40. The Balaban J connectivity index is 1.42. The number of H-pyrrole nitrogens is 2. The number of thiol groups is 2. The van der Waals surface area contributed by atoms with E-state index >= 15 is 0 Å². The molecule has 4 aromatic rings. The van der Waals surface area contributed by atoms with Crippen molar-refractivity contribution in [2.45, 2.75) is 106 Å². The molecule has 21 N–H and O–H groups in total. The van der Waals surface area contributed by atoms with Crippen LogP contribution in [0.15, 0.2) is 83.3 Å². The van der Waals surface area contributed by atoms with Crippen LogP contribution in [0.3, 0.4) is 0 Å². The number of benzene rings is 2. The van der Waals surface area contributed by atoms with Crippen LogP contribution in [0.25, 0.3) is 10.9 Å². The Hall–Kier alpha value is -9.40. The third-order valence-electron chi connectivity index (χ3n) is 13.2. The average molecular weight is 1220 g/mol. The molecule has 8 atom stereocenters. The summed E-state index contributed by atoms with van der Waals surface area (Å²) in [7, 11) is 0. The molecule has 1 aliphatic heterocycles. The van der Waals surface area contributed by atoms with Crippen LogP contribution in [-0.4, -0.2) is 182 Å². The van der Waals surface area contributed by atoms with Crippen molar-refractivity contribution >= 4 is 113 Å². The Morgan fingerprint density at radius 1 is 0.600 bits per heavy atom.